The van der Waals surface area contributed by atoms with E-state index in [0.717, 1.165) is 5.70 Å². The fourth-order valence-corrected chi connectivity index (χ4v) is 2.62. The molecule has 0 aromatic carbocycles. The average molecular weight is 350 g/mol. The second kappa shape index (κ2) is 7.12. The van der Waals surface area contributed by atoms with Gasteiger partial charge in [0.1, 0.15) is 11.9 Å². The molecule has 0 saturated carbocycles. The predicted octanol–water partition coefficient (Wildman–Crippen LogP) is 1.20. The third-order valence-corrected chi connectivity index (χ3v) is 3.86. The van der Waals surface area contributed by atoms with Crippen LogP contribution in [0.25, 0.3) is 0 Å². The fourth-order valence-electron chi connectivity index (χ4n) is 2.62. The highest BCUT2D eigenvalue weighted by Gasteiger charge is 2.31. The minimum Gasteiger partial charge on any atom is -0.444 e. The lowest BCUT2D eigenvalue weighted by molar-refractivity contribution is -0.118. The van der Waals surface area contributed by atoms with E-state index in [9.17, 15) is 9.59 Å². The summed E-state index contributed by atoms with van der Waals surface area (Å²) >= 11 is 0. The summed E-state index contributed by atoms with van der Waals surface area (Å²) in [7, 11) is 1.85. The first kappa shape index (κ1) is 18.8. The molecule has 1 aromatic heterocycles. The van der Waals surface area contributed by atoms with Gasteiger partial charge in [0.15, 0.2) is 0 Å². The Kier molecular flexibility index (Phi) is 5.34. The summed E-state index contributed by atoms with van der Waals surface area (Å²) in [5, 5.41) is 9.62. The van der Waals surface area contributed by atoms with E-state index >= 15 is 0 Å². The van der Waals surface area contributed by atoms with Gasteiger partial charge in [0.2, 0.25) is 5.95 Å². The second-order valence-corrected chi connectivity index (χ2v) is 6.92. The third-order valence-electron chi connectivity index (χ3n) is 3.86. The van der Waals surface area contributed by atoms with E-state index in [-0.39, 0.29) is 18.5 Å². The standard InChI is InChI=1S/C16H26N6O3/c1-10-12(11(2)22-14(21(10)6)19-9-20-22)13(23)17-7-8-18-15(24)25-16(3,4)5/h9,11H,7-8H2,1-6H3,(H,17,23)(H,18,24)/t11-/m1/s1. The molecule has 1 atom stereocenters. The molecule has 0 spiro atoms. The first-order valence-corrected chi connectivity index (χ1v) is 8.21. The molecule has 0 saturated heterocycles. The molecule has 1 aliphatic rings. The number of amides is 2. The van der Waals surface area contributed by atoms with Gasteiger partial charge in [-0.05, 0) is 34.6 Å². The number of alkyl carbamates (subject to hydrolysis) is 1. The van der Waals surface area contributed by atoms with Crippen molar-refractivity contribution in [2.45, 2.75) is 46.3 Å². The van der Waals surface area contributed by atoms with Gasteiger partial charge >= 0.3 is 6.09 Å². The van der Waals surface area contributed by atoms with Crippen molar-refractivity contribution in [1.82, 2.24) is 25.4 Å². The first-order chi connectivity index (χ1) is 11.6. The number of carbonyl (C=O) groups is 2. The summed E-state index contributed by atoms with van der Waals surface area (Å²) in [6, 6.07) is -0.215. The number of anilines is 1. The van der Waals surface area contributed by atoms with Crippen LogP contribution in [0.5, 0.6) is 0 Å². The van der Waals surface area contributed by atoms with Gasteiger partial charge in [0, 0.05) is 25.8 Å². The van der Waals surface area contributed by atoms with Gasteiger partial charge in [-0.3, -0.25) is 4.79 Å². The molecule has 138 valence electrons. The zero-order chi connectivity index (χ0) is 18.8. The van der Waals surface area contributed by atoms with Gasteiger partial charge < -0.3 is 20.3 Å². The molecule has 0 radical (unpaired) electrons. The number of aromatic nitrogens is 3. The number of fused-ring (bicyclic) bond motifs is 1. The maximum absolute atomic E-state index is 12.6. The number of nitrogens with one attached hydrogen (secondary N) is 2. The van der Waals surface area contributed by atoms with Crippen molar-refractivity contribution in [3.8, 4) is 0 Å². The highest BCUT2D eigenvalue weighted by Crippen LogP contribution is 2.31. The van der Waals surface area contributed by atoms with Crippen LogP contribution in [-0.4, -0.2) is 52.5 Å². The maximum atomic E-state index is 12.6. The summed E-state index contributed by atoms with van der Waals surface area (Å²) in [6.45, 7) is 9.75. The Morgan fingerprint density at radius 1 is 1.28 bits per heavy atom. The van der Waals surface area contributed by atoms with Gasteiger partial charge in [-0.15, -0.1) is 0 Å². The second-order valence-electron chi connectivity index (χ2n) is 6.92. The van der Waals surface area contributed by atoms with Crippen LogP contribution in [0.2, 0.25) is 0 Å². The normalized spacial score (nSPS) is 17.2. The van der Waals surface area contributed by atoms with Gasteiger partial charge in [0.05, 0.1) is 11.6 Å². The highest BCUT2D eigenvalue weighted by atomic mass is 16.6. The summed E-state index contributed by atoms with van der Waals surface area (Å²) in [5.41, 5.74) is 0.899. The lowest BCUT2D eigenvalue weighted by atomic mass is 10.0. The molecular weight excluding hydrogens is 324 g/mol. The Balaban J connectivity index is 1.91. The third kappa shape index (κ3) is 4.28. The Morgan fingerprint density at radius 2 is 1.92 bits per heavy atom. The summed E-state index contributed by atoms with van der Waals surface area (Å²) < 4.78 is 6.85. The summed E-state index contributed by atoms with van der Waals surface area (Å²) in [6.07, 6.45) is 0.969. The predicted molar refractivity (Wildman–Crippen MR) is 93.1 cm³/mol. The summed E-state index contributed by atoms with van der Waals surface area (Å²) in [5.74, 6) is 0.511. The minimum atomic E-state index is -0.549. The molecule has 0 bridgehead atoms. The van der Waals surface area contributed by atoms with Crippen molar-refractivity contribution in [2.75, 3.05) is 25.0 Å². The Hall–Kier alpha value is -2.58. The summed E-state index contributed by atoms with van der Waals surface area (Å²) in [4.78, 5) is 30.2. The van der Waals surface area contributed by atoms with Crippen LogP contribution in [0, 0.1) is 0 Å². The van der Waals surface area contributed by atoms with Crippen LogP contribution in [-0.2, 0) is 9.53 Å². The molecule has 9 nitrogen and oxygen atoms in total. The van der Waals surface area contributed by atoms with E-state index < -0.39 is 11.7 Å². The van der Waals surface area contributed by atoms with E-state index in [1.165, 1.54) is 6.33 Å². The number of hydrogen-bond donors (Lipinski definition) is 2. The molecule has 0 unspecified atom stereocenters. The van der Waals surface area contributed by atoms with E-state index in [2.05, 4.69) is 20.7 Å². The monoisotopic (exact) mass is 350 g/mol. The molecule has 2 amide bonds. The van der Waals surface area contributed by atoms with E-state index in [0.29, 0.717) is 18.1 Å². The minimum absolute atomic E-state index is 0.191. The number of carbonyl (C=O) groups excluding carboxylic acids is 2. The van der Waals surface area contributed by atoms with Crippen LogP contribution in [0.3, 0.4) is 0 Å². The fraction of sp³-hybridized carbons (Fsp3) is 0.625. The van der Waals surface area contributed by atoms with Crippen molar-refractivity contribution in [3.05, 3.63) is 17.6 Å². The number of rotatable bonds is 4. The quantitative estimate of drug-likeness (QED) is 0.792. The molecule has 0 aliphatic carbocycles. The van der Waals surface area contributed by atoms with Gasteiger partial charge in [-0.1, -0.05) is 0 Å². The van der Waals surface area contributed by atoms with Crippen molar-refractivity contribution in [2.24, 2.45) is 0 Å². The molecule has 1 aliphatic heterocycles. The SMILES string of the molecule is CC1=C(C(=O)NCCNC(=O)OC(C)(C)C)[C@@H](C)n2ncnc2N1C. The topological polar surface area (TPSA) is 101 Å². The Labute approximate surface area is 147 Å². The molecule has 2 heterocycles. The van der Waals surface area contributed by atoms with Gasteiger partial charge in [0.25, 0.3) is 5.91 Å². The molecule has 0 fully saturated rings. The largest absolute Gasteiger partial charge is 0.444 e. The van der Waals surface area contributed by atoms with Crippen molar-refractivity contribution >= 4 is 17.9 Å². The van der Waals surface area contributed by atoms with Crippen molar-refractivity contribution < 1.29 is 14.3 Å². The van der Waals surface area contributed by atoms with Gasteiger partial charge in [-0.25, -0.2) is 9.48 Å². The highest BCUT2D eigenvalue weighted by molar-refractivity contribution is 5.96. The molecule has 9 heteroatoms. The Bertz CT molecular complexity index is 688. The van der Waals surface area contributed by atoms with Crippen LogP contribution < -0.4 is 15.5 Å². The van der Waals surface area contributed by atoms with Crippen LogP contribution in [0.4, 0.5) is 10.7 Å². The van der Waals surface area contributed by atoms with Crippen LogP contribution >= 0.6 is 0 Å². The average Bonchev–Trinajstić information content (AvgIpc) is 2.98. The van der Waals surface area contributed by atoms with E-state index in [1.807, 2.05) is 25.8 Å². The lowest BCUT2D eigenvalue weighted by Gasteiger charge is -2.31. The molecule has 25 heavy (non-hydrogen) atoms. The van der Waals surface area contributed by atoms with Crippen molar-refractivity contribution in [1.29, 1.82) is 0 Å². The number of nitrogens with zero attached hydrogens (tertiary/aromatic N) is 4. The zero-order valence-electron chi connectivity index (χ0n) is 15.6. The first-order valence-electron chi connectivity index (χ1n) is 8.21. The molecule has 1 aromatic rings. The van der Waals surface area contributed by atoms with E-state index in [1.54, 1.807) is 25.5 Å². The van der Waals surface area contributed by atoms with Crippen LogP contribution in [0.1, 0.15) is 40.7 Å². The number of ether oxygens (including phenoxy) is 1. The molecule has 2 rings (SSSR count). The van der Waals surface area contributed by atoms with E-state index in [4.69, 9.17) is 4.74 Å². The number of hydrogen-bond acceptors (Lipinski definition) is 6. The lowest BCUT2D eigenvalue weighted by Crippen LogP contribution is -2.41. The van der Waals surface area contributed by atoms with Crippen LogP contribution in [0.15, 0.2) is 17.6 Å². The van der Waals surface area contributed by atoms with Gasteiger partial charge in [-0.2, -0.15) is 10.1 Å². The Morgan fingerprint density at radius 3 is 2.56 bits per heavy atom. The number of allylic oxidation sites excluding steroid dienone is 1. The maximum Gasteiger partial charge on any atom is 0.407 e. The smallest absolute Gasteiger partial charge is 0.407 e. The molecule has 2 N–H and O–H groups in total. The zero-order valence-corrected chi connectivity index (χ0v) is 15.6. The van der Waals surface area contributed by atoms with Crippen molar-refractivity contribution in [3.63, 3.8) is 0 Å². The molecular formula is C16H26N6O3.